The third kappa shape index (κ3) is 42.3. The van der Waals surface area contributed by atoms with E-state index in [1.54, 1.807) is 0 Å². The Labute approximate surface area is 466 Å². The second-order valence-corrected chi connectivity index (χ2v) is 20.2. The number of aliphatic carboxylic acids is 1. The van der Waals surface area contributed by atoms with Crippen LogP contribution in [-0.4, -0.2) is 89.2 Å². The summed E-state index contributed by atoms with van der Waals surface area (Å²) in [6.45, 7) is 5.72. The lowest BCUT2D eigenvalue weighted by atomic mass is 9.98. The van der Waals surface area contributed by atoms with Crippen LogP contribution in [0.2, 0.25) is 0 Å². The molecule has 1 aliphatic rings. The van der Waals surface area contributed by atoms with Crippen LogP contribution in [0.15, 0.2) is 97.2 Å². The first kappa shape index (κ1) is 70.7. The summed E-state index contributed by atoms with van der Waals surface area (Å²) >= 11 is 0. The number of rotatable bonds is 50. The highest BCUT2D eigenvalue weighted by Gasteiger charge is 2.50. The van der Waals surface area contributed by atoms with E-state index in [2.05, 4.69) is 118 Å². The summed E-state index contributed by atoms with van der Waals surface area (Å²) in [6.07, 6.45) is 56.6. The Hall–Kier alpha value is -4.36. The number of carbonyl (C=O) groups is 4. The van der Waals surface area contributed by atoms with E-state index in [9.17, 15) is 34.5 Å². The SMILES string of the molecule is CC/C=C\C/C=C\C/C=C\C/C=C\CCCCCCCCC(=O)OCC(COC1OC(C(=O)O)C(O)C(O)C1OC(=O)CCCCCCC/C=C\CCCCCCCC)OC(=O)CCCCC/C=C\C/C=C\C/C=C\CC. The van der Waals surface area contributed by atoms with Gasteiger partial charge in [0.05, 0.1) is 6.61 Å². The van der Waals surface area contributed by atoms with Crippen LogP contribution in [0.4, 0.5) is 0 Å². The highest BCUT2D eigenvalue weighted by Crippen LogP contribution is 2.26. The minimum Gasteiger partial charge on any atom is -0.479 e. The fourth-order valence-electron chi connectivity index (χ4n) is 8.54. The maximum Gasteiger partial charge on any atom is 0.335 e. The summed E-state index contributed by atoms with van der Waals surface area (Å²) in [6, 6.07) is 0. The van der Waals surface area contributed by atoms with Crippen molar-refractivity contribution in [3.8, 4) is 0 Å². The third-order valence-electron chi connectivity index (χ3n) is 13.1. The zero-order chi connectivity index (χ0) is 56.1. The predicted molar refractivity (Wildman–Crippen MR) is 312 cm³/mol. The van der Waals surface area contributed by atoms with Gasteiger partial charge >= 0.3 is 23.9 Å². The molecule has 12 heteroatoms. The van der Waals surface area contributed by atoms with E-state index in [4.69, 9.17) is 23.7 Å². The first-order valence-electron chi connectivity index (χ1n) is 30.2. The lowest BCUT2D eigenvalue weighted by Gasteiger charge is -2.40. The minimum atomic E-state index is -1.92. The van der Waals surface area contributed by atoms with Crippen LogP contribution < -0.4 is 0 Å². The number of carboxylic acids is 1. The highest BCUT2D eigenvalue weighted by atomic mass is 16.7. The molecule has 3 N–H and O–H groups in total. The summed E-state index contributed by atoms with van der Waals surface area (Å²) in [5.74, 6) is -3.19. The maximum atomic E-state index is 13.1. The number of ether oxygens (including phenoxy) is 5. The fraction of sp³-hybridized carbons (Fsp3) is 0.692. The zero-order valence-electron chi connectivity index (χ0n) is 48.2. The molecule has 0 amide bonds. The topological polar surface area (TPSA) is 175 Å². The molecule has 438 valence electrons. The number of hydrogen-bond donors (Lipinski definition) is 3. The average molecular weight is 1080 g/mol. The van der Waals surface area contributed by atoms with E-state index in [1.165, 1.54) is 38.5 Å². The Balaban J connectivity index is 2.70. The summed E-state index contributed by atoms with van der Waals surface area (Å²) in [5.41, 5.74) is 0. The van der Waals surface area contributed by atoms with Gasteiger partial charge in [0.1, 0.15) is 18.8 Å². The van der Waals surface area contributed by atoms with Crippen molar-refractivity contribution >= 4 is 23.9 Å². The van der Waals surface area contributed by atoms with Crippen molar-refractivity contribution in [1.29, 1.82) is 0 Å². The molecule has 0 spiro atoms. The average Bonchev–Trinajstić information content (AvgIpc) is 3.42. The van der Waals surface area contributed by atoms with Crippen molar-refractivity contribution in [1.82, 2.24) is 0 Å². The summed E-state index contributed by atoms with van der Waals surface area (Å²) in [5, 5.41) is 31.5. The number of allylic oxidation sites excluding steroid dienone is 16. The van der Waals surface area contributed by atoms with Crippen LogP contribution in [0.1, 0.15) is 239 Å². The van der Waals surface area contributed by atoms with E-state index >= 15 is 0 Å². The molecule has 0 aromatic heterocycles. The summed E-state index contributed by atoms with van der Waals surface area (Å²) in [4.78, 5) is 51.1. The van der Waals surface area contributed by atoms with E-state index in [-0.39, 0.29) is 25.9 Å². The Morgan fingerprint density at radius 3 is 1.27 bits per heavy atom. The minimum absolute atomic E-state index is 0.0419. The first-order valence-corrected chi connectivity index (χ1v) is 30.2. The molecule has 0 bridgehead atoms. The van der Waals surface area contributed by atoms with E-state index < -0.39 is 67.3 Å². The lowest BCUT2D eigenvalue weighted by Crippen LogP contribution is -2.61. The molecular formula is C65H106O12. The second kappa shape index (κ2) is 52.3. The number of carbonyl (C=O) groups excluding carboxylic acids is 3. The van der Waals surface area contributed by atoms with Gasteiger partial charge in [-0.25, -0.2) is 4.79 Å². The highest BCUT2D eigenvalue weighted by molar-refractivity contribution is 5.74. The quantitative estimate of drug-likeness (QED) is 0.0228. The van der Waals surface area contributed by atoms with Crippen LogP contribution in [-0.2, 0) is 42.9 Å². The number of aliphatic hydroxyl groups excluding tert-OH is 2. The summed E-state index contributed by atoms with van der Waals surface area (Å²) < 4.78 is 28.4. The van der Waals surface area contributed by atoms with Crippen molar-refractivity contribution in [2.45, 2.75) is 276 Å². The molecule has 77 heavy (non-hydrogen) atoms. The lowest BCUT2D eigenvalue weighted by molar-refractivity contribution is -0.301. The van der Waals surface area contributed by atoms with Crippen molar-refractivity contribution in [2.24, 2.45) is 0 Å². The number of unbranched alkanes of at least 4 members (excludes halogenated alkanes) is 20. The zero-order valence-corrected chi connectivity index (χ0v) is 48.2. The van der Waals surface area contributed by atoms with E-state index in [0.29, 0.717) is 19.3 Å². The van der Waals surface area contributed by atoms with Gasteiger partial charge in [0, 0.05) is 19.3 Å². The van der Waals surface area contributed by atoms with Crippen molar-refractivity contribution in [3.05, 3.63) is 97.2 Å². The van der Waals surface area contributed by atoms with E-state index in [0.717, 1.165) is 141 Å². The molecule has 0 aliphatic carbocycles. The van der Waals surface area contributed by atoms with Crippen LogP contribution in [0.3, 0.4) is 0 Å². The van der Waals surface area contributed by atoms with Gasteiger partial charge in [-0.3, -0.25) is 14.4 Å². The molecule has 1 aliphatic heterocycles. The first-order chi connectivity index (χ1) is 37.6. The third-order valence-corrected chi connectivity index (χ3v) is 13.1. The van der Waals surface area contributed by atoms with Crippen LogP contribution in [0, 0.1) is 0 Å². The van der Waals surface area contributed by atoms with Crippen molar-refractivity contribution in [2.75, 3.05) is 13.2 Å². The fourth-order valence-corrected chi connectivity index (χ4v) is 8.54. The van der Waals surface area contributed by atoms with Gasteiger partial charge in [0.25, 0.3) is 0 Å². The van der Waals surface area contributed by atoms with Crippen LogP contribution >= 0.6 is 0 Å². The van der Waals surface area contributed by atoms with Gasteiger partial charge in [-0.2, -0.15) is 0 Å². The molecule has 1 heterocycles. The molecular weight excluding hydrogens is 973 g/mol. The molecule has 12 nitrogen and oxygen atoms in total. The molecule has 1 saturated heterocycles. The van der Waals surface area contributed by atoms with Crippen molar-refractivity contribution < 1.29 is 58.2 Å². The van der Waals surface area contributed by atoms with Crippen LogP contribution in [0.5, 0.6) is 0 Å². The van der Waals surface area contributed by atoms with Gasteiger partial charge in [0.15, 0.2) is 24.6 Å². The molecule has 0 saturated carbocycles. The number of esters is 3. The Kier molecular flexibility index (Phi) is 48.0. The van der Waals surface area contributed by atoms with E-state index in [1.807, 2.05) is 0 Å². The number of carboxylic acid groups (broad SMARTS) is 1. The Bertz CT molecular complexity index is 1710. The van der Waals surface area contributed by atoms with Gasteiger partial charge in [-0.05, 0) is 116 Å². The molecule has 0 aromatic carbocycles. The van der Waals surface area contributed by atoms with Gasteiger partial charge in [0.2, 0.25) is 0 Å². The monoisotopic (exact) mass is 1080 g/mol. The smallest absolute Gasteiger partial charge is 0.335 e. The number of aliphatic hydroxyl groups is 2. The van der Waals surface area contributed by atoms with Gasteiger partial charge < -0.3 is 39.0 Å². The molecule has 0 aromatic rings. The summed E-state index contributed by atoms with van der Waals surface area (Å²) in [7, 11) is 0. The second-order valence-electron chi connectivity index (χ2n) is 20.2. The van der Waals surface area contributed by atoms with Gasteiger partial charge in [-0.1, -0.05) is 201 Å². The molecule has 1 rings (SSSR count). The molecule has 6 unspecified atom stereocenters. The van der Waals surface area contributed by atoms with Crippen molar-refractivity contribution in [3.63, 3.8) is 0 Å². The molecule has 0 radical (unpaired) electrons. The maximum absolute atomic E-state index is 13.1. The number of hydrogen-bond acceptors (Lipinski definition) is 11. The molecule has 1 fully saturated rings. The predicted octanol–water partition coefficient (Wildman–Crippen LogP) is 15.7. The van der Waals surface area contributed by atoms with Crippen LogP contribution in [0.25, 0.3) is 0 Å². The van der Waals surface area contributed by atoms with Gasteiger partial charge in [-0.15, -0.1) is 0 Å². The Morgan fingerprint density at radius 2 is 0.818 bits per heavy atom. The normalized spacial score (nSPS) is 18.7. The standard InChI is InChI=1S/C65H106O12/c1-4-7-10-13-16-19-22-25-27-28-29-30-32-34-36-39-42-45-48-51-57(66)73-54-56(75-58(67)52-49-46-43-40-37-33-24-21-18-15-12-9-6-3)55-74-65-63(61(70)60(69)62(77-65)64(71)72)76-59(68)53-50-47-44-41-38-35-31-26-23-20-17-14-11-8-5-2/h7,9-10,12,16,18-19,21,25-27,29-31,33,37,56,60-63,65,69-70H,4-6,8,11,13-15,17,20,22-24,28,32,34-36,38-55H2,1-3H3,(H,71,72)/b10-7-,12-9-,19-16-,21-18-,27-25-,30-29-,31-26-,37-33-. The Morgan fingerprint density at radius 1 is 0.442 bits per heavy atom. The molecule has 6 atom stereocenters. The largest absolute Gasteiger partial charge is 0.479 e.